The molecule has 0 aliphatic carbocycles. The minimum absolute atomic E-state index is 0.0285. The molecular formula is C20H22N2OS. The second-order valence-electron chi connectivity index (χ2n) is 5.90. The standard InChI is InChI=1S/C20H22N2OS/c1-15-5-7-19(8-6-15)24-14-20(23)22(10-4-9-21)18-12-16(2)11-17(3)13-18/h5-8,11-13H,4,10,14H2,1-3H3. The fraction of sp³-hybridized carbons (Fsp3) is 0.300. The summed E-state index contributed by atoms with van der Waals surface area (Å²) in [5.74, 6) is 0.391. The molecule has 0 unspecified atom stereocenters. The van der Waals surface area contributed by atoms with E-state index in [1.165, 1.54) is 17.3 Å². The molecule has 1 amide bonds. The molecule has 2 aromatic carbocycles. The summed E-state index contributed by atoms with van der Waals surface area (Å²) in [4.78, 5) is 15.5. The Morgan fingerprint density at radius 1 is 1.04 bits per heavy atom. The van der Waals surface area contributed by atoms with Crippen molar-refractivity contribution in [3.63, 3.8) is 0 Å². The van der Waals surface area contributed by atoms with Crippen molar-refractivity contribution in [1.82, 2.24) is 0 Å². The lowest BCUT2D eigenvalue weighted by atomic mass is 10.1. The number of nitrogens with zero attached hydrogens (tertiary/aromatic N) is 2. The highest BCUT2D eigenvalue weighted by Crippen LogP contribution is 2.23. The molecule has 0 saturated carbocycles. The SMILES string of the molecule is Cc1ccc(SCC(=O)N(CCC#N)c2cc(C)cc(C)c2)cc1. The maximum atomic E-state index is 12.7. The first-order chi connectivity index (χ1) is 11.5. The first-order valence-electron chi connectivity index (χ1n) is 7.94. The number of carbonyl (C=O) groups excluding carboxylic acids is 1. The fourth-order valence-electron chi connectivity index (χ4n) is 2.52. The molecule has 0 N–H and O–H groups in total. The summed E-state index contributed by atoms with van der Waals surface area (Å²) < 4.78 is 0. The van der Waals surface area contributed by atoms with Gasteiger partial charge in [-0.2, -0.15) is 5.26 Å². The van der Waals surface area contributed by atoms with E-state index in [4.69, 9.17) is 5.26 Å². The fourth-order valence-corrected chi connectivity index (χ4v) is 3.30. The summed E-state index contributed by atoms with van der Waals surface area (Å²) in [6.07, 6.45) is 0.327. The molecule has 3 nitrogen and oxygen atoms in total. The average molecular weight is 338 g/mol. The Kier molecular flexibility index (Phi) is 6.45. The first-order valence-corrected chi connectivity index (χ1v) is 8.93. The molecule has 0 aliphatic heterocycles. The third-order valence-corrected chi connectivity index (χ3v) is 4.65. The number of hydrogen-bond acceptors (Lipinski definition) is 3. The largest absolute Gasteiger partial charge is 0.311 e. The number of carbonyl (C=O) groups is 1. The summed E-state index contributed by atoms with van der Waals surface area (Å²) >= 11 is 1.53. The predicted octanol–water partition coefficient (Wildman–Crippen LogP) is 4.65. The summed E-state index contributed by atoms with van der Waals surface area (Å²) in [5, 5.41) is 8.89. The minimum atomic E-state index is 0.0285. The van der Waals surface area contributed by atoms with Gasteiger partial charge in [-0.3, -0.25) is 4.79 Å². The van der Waals surface area contributed by atoms with Gasteiger partial charge in [0.1, 0.15) is 0 Å². The van der Waals surface area contributed by atoms with Gasteiger partial charge in [0.15, 0.2) is 0 Å². The number of thioether (sulfide) groups is 1. The van der Waals surface area contributed by atoms with Crippen LogP contribution in [0, 0.1) is 32.1 Å². The van der Waals surface area contributed by atoms with Crippen LogP contribution in [0.2, 0.25) is 0 Å². The minimum Gasteiger partial charge on any atom is -0.311 e. The predicted molar refractivity (Wildman–Crippen MR) is 100 cm³/mol. The van der Waals surface area contributed by atoms with Crippen LogP contribution in [0.5, 0.6) is 0 Å². The summed E-state index contributed by atoms with van der Waals surface area (Å²) in [6, 6.07) is 16.4. The Morgan fingerprint density at radius 2 is 1.67 bits per heavy atom. The molecule has 0 saturated heterocycles. The van der Waals surface area contributed by atoms with E-state index >= 15 is 0 Å². The average Bonchev–Trinajstić information content (AvgIpc) is 2.54. The van der Waals surface area contributed by atoms with Crippen LogP contribution in [0.4, 0.5) is 5.69 Å². The zero-order valence-electron chi connectivity index (χ0n) is 14.4. The van der Waals surface area contributed by atoms with Crippen molar-refractivity contribution >= 4 is 23.4 Å². The van der Waals surface area contributed by atoms with Crippen LogP contribution in [0.3, 0.4) is 0 Å². The van der Waals surface area contributed by atoms with Crippen molar-refractivity contribution in [1.29, 1.82) is 5.26 Å². The van der Waals surface area contributed by atoms with E-state index in [9.17, 15) is 4.79 Å². The van der Waals surface area contributed by atoms with Gasteiger partial charge in [0.25, 0.3) is 0 Å². The molecular weight excluding hydrogens is 316 g/mol. The van der Waals surface area contributed by atoms with Gasteiger partial charge in [0.05, 0.1) is 18.2 Å². The van der Waals surface area contributed by atoms with Gasteiger partial charge >= 0.3 is 0 Å². The van der Waals surface area contributed by atoms with Gasteiger partial charge in [-0.1, -0.05) is 23.8 Å². The Morgan fingerprint density at radius 3 is 2.25 bits per heavy atom. The maximum Gasteiger partial charge on any atom is 0.237 e. The van der Waals surface area contributed by atoms with Crippen LogP contribution in [0.15, 0.2) is 47.4 Å². The third-order valence-electron chi connectivity index (χ3n) is 3.65. The zero-order valence-corrected chi connectivity index (χ0v) is 15.2. The molecule has 0 heterocycles. The van der Waals surface area contributed by atoms with Gasteiger partial charge in [-0.15, -0.1) is 11.8 Å². The number of rotatable bonds is 6. The van der Waals surface area contributed by atoms with Gasteiger partial charge in [-0.05, 0) is 56.2 Å². The van der Waals surface area contributed by atoms with Gasteiger partial charge in [0.2, 0.25) is 5.91 Å². The monoisotopic (exact) mass is 338 g/mol. The molecule has 0 bridgehead atoms. The normalized spacial score (nSPS) is 10.2. The number of amides is 1. The molecule has 0 fully saturated rings. The van der Waals surface area contributed by atoms with E-state index in [1.54, 1.807) is 4.90 Å². The van der Waals surface area contributed by atoms with E-state index in [2.05, 4.69) is 12.1 Å². The number of benzene rings is 2. The molecule has 0 aromatic heterocycles. The Hall–Kier alpha value is -2.25. The third kappa shape index (κ3) is 5.14. The zero-order chi connectivity index (χ0) is 17.5. The van der Waals surface area contributed by atoms with E-state index in [0.29, 0.717) is 18.7 Å². The van der Waals surface area contributed by atoms with Crippen LogP contribution in [-0.2, 0) is 4.79 Å². The lowest BCUT2D eigenvalue weighted by molar-refractivity contribution is -0.116. The van der Waals surface area contributed by atoms with Gasteiger partial charge in [0, 0.05) is 17.1 Å². The second kappa shape index (κ2) is 8.56. The van der Waals surface area contributed by atoms with E-state index in [1.807, 2.05) is 57.2 Å². The Labute approximate surface area is 148 Å². The number of nitriles is 1. The molecule has 2 aromatic rings. The molecule has 24 heavy (non-hydrogen) atoms. The van der Waals surface area contributed by atoms with Crippen LogP contribution in [-0.4, -0.2) is 18.2 Å². The summed E-state index contributed by atoms with van der Waals surface area (Å²) in [5.41, 5.74) is 4.31. The lowest BCUT2D eigenvalue weighted by Crippen LogP contribution is -2.33. The number of anilines is 1. The summed E-state index contributed by atoms with van der Waals surface area (Å²) in [6.45, 7) is 6.50. The van der Waals surface area contributed by atoms with Crippen molar-refractivity contribution in [2.24, 2.45) is 0 Å². The van der Waals surface area contributed by atoms with E-state index in [-0.39, 0.29) is 5.91 Å². The van der Waals surface area contributed by atoms with Gasteiger partial charge in [-0.25, -0.2) is 0 Å². The topological polar surface area (TPSA) is 44.1 Å². The highest BCUT2D eigenvalue weighted by molar-refractivity contribution is 8.00. The van der Waals surface area contributed by atoms with E-state index < -0.39 is 0 Å². The van der Waals surface area contributed by atoms with Crippen molar-refractivity contribution < 1.29 is 4.79 Å². The molecule has 4 heteroatoms. The molecule has 2 rings (SSSR count). The second-order valence-corrected chi connectivity index (χ2v) is 6.95. The quantitative estimate of drug-likeness (QED) is 0.720. The molecule has 0 radical (unpaired) electrons. The van der Waals surface area contributed by atoms with Crippen LogP contribution in [0.1, 0.15) is 23.1 Å². The van der Waals surface area contributed by atoms with Crippen LogP contribution >= 0.6 is 11.8 Å². The maximum absolute atomic E-state index is 12.7. The summed E-state index contributed by atoms with van der Waals surface area (Å²) in [7, 11) is 0. The van der Waals surface area contributed by atoms with E-state index in [0.717, 1.165) is 21.7 Å². The van der Waals surface area contributed by atoms with Crippen molar-refractivity contribution in [2.75, 3.05) is 17.2 Å². The highest BCUT2D eigenvalue weighted by atomic mass is 32.2. The smallest absolute Gasteiger partial charge is 0.237 e. The number of hydrogen-bond donors (Lipinski definition) is 0. The van der Waals surface area contributed by atoms with Crippen molar-refractivity contribution in [3.8, 4) is 6.07 Å². The van der Waals surface area contributed by atoms with Crippen LogP contribution < -0.4 is 4.90 Å². The Bertz CT molecular complexity index is 727. The molecule has 0 aliphatic rings. The molecule has 0 spiro atoms. The highest BCUT2D eigenvalue weighted by Gasteiger charge is 2.16. The van der Waals surface area contributed by atoms with Crippen molar-refractivity contribution in [3.05, 3.63) is 59.2 Å². The first kappa shape index (κ1) is 18.1. The Balaban J connectivity index is 2.12. The van der Waals surface area contributed by atoms with Crippen LogP contribution in [0.25, 0.3) is 0 Å². The molecule has 0 atom stereocenters. The lowest BCUT2D eigenvalue weighted by Gasteiger charge is -2.22. The van der Waals surface area contributed by atoms with Gasteiger partial charge < -0.3 is 4.90 Å². The molecule has 124 valence electrons. The van der Waals surface area contributed by atoms with Crippen molar-refractivity contribution in [2.45, 2.75) is 32.1 Å². The number of aryl methyl sites for hydroxylation is 3.